The molecule has 0 atom stereocenters. The Labute approximate surface area is 493 Å². The van der Waals surface area contributed by atoms with Crippen molar-refractivity contribution in [2.24, 2.45) is 0 Å². The van der Waals surface area contributed by atoms with Gasteiger partial charge in [0.15, 0.2) is 0 Å². The van der Waals surface area contributed by atoms with Gasteiger partial charge in [0.1, 0.15) is 0 Å². The van der Waals surface area contributed by atoms with Crippen LogP contribution in [0.15, 0.2) is 188 Å². The maximum absolute atomic E-state index is 2.24. The first kappa shape index (κ1) is 75.1. The van der Waals surface area contributed by atoms with Crippen LogP contribution in [0.2, 0.25) is 0 Å². The SMILES string of the molecule is C.CC.Cc1cc(C)c(C)c(C)c1.Cc1cc(C)c(C)cc1C.Cc1cc(C)cc(C)c1.Cc1ccc(C)c(C)c1.Cc1ccc(C)c(C)c1C.Cc1cccc(C)c1C.Cc1ccccc1.Cc1ccccc1.c1ccccc1. The first-order valence-electron chi connectivity index (χ1n) is 28.5. The predicted molar refractivity (Wildman–Crippen MR) is 365 cm³/mol. The van der Waals surface area contributed by atoms with Crippen molar-refractivity contribution in [3.05, 3.63) is 316 Å². The zero-order valence-corrected chi connectivity index (χ0v) is 54.4. The second kappa shape index (κ2) is 41.9. The molecule has 0 spiro atoms. The zero-order chi connectivity index (χ0) is 60.2. The number of hydrogen-bond donors (Lipinski definition) is 0. The molecule has 0 saturated carbocycles. The van der Waals surface area contributed by atoms with E-state index in [0.717, 1.165) is 0 Å². The highest BCUT2D eigenvalue weighted by Crippen LogP contribution is 2.17. The average Bonchev–Trinajstić information content (AvgIpc) is 3.41. The molecule has 0 aliphatic rings. The Morgan fingerprint density at radius 2 is 0.388 bits per heavy atom. The van der Waals surface area contributed by atoms with Gasteiger partial charge in [0.25, 0.3) is 0 Å². The van der Waals surface area contributed by atoms with Gasteiger partial charge in [0, 0.05) is 0 Å². The maximum Gasteiger partial charge on any atom is -0.0392 e. The second-order valence-electron chi connectivity index (χ2n) is 21.2. The number of rotatable bonds is 0. The lowest BCUT2D eigenvalue weighted by atomic mass is 10.0. The summed E-state index contributed by atoms with van der Waals surface area (Å²) in [6.45, 7) is 53.3. The summed E-state index contributed by atoms with van der Waals surface area (Å²) in [5.41, 5.74) is 31.8. The molecule has 0 radical (unpaired) electrons. The molecule has 0 saturated heterocycles. The molecule has 0 aromatic heterocycles. The summed E-state index contributed by atoms with van der Waals surface area (Å²) in [5.74, 6) is 0. The van der Waals surface area contributed by atoms with E-state index in [1.165, 1.54) is 128 Å². The summed E-state index contributed by atoms with van der Waals surface area (Å²) in [6.07, 6.45) is 0. The van der Waals surface area contributed by atoms with E-state index in [2.05, 4.69) is 275 Å². The van der Waals surface area contributed by atoms with Crippen LogP contribution in [0.1, 0.15) is 149 Å². The molecule has 0 nitrogen and oxygen atoms in total. The van der Waals surface area contributed by atoms with Gasteiger partial charge in [-0.2, -0.15) is 0 Å². The lowest BCUT2D eigenvalue weighted by molar-refractivity contribution is 1.22. The third-order valence-electron chi connectivity index (χ3n) is 14.0. The lowest BCUT2D eigenvalue weighted by Crippen LogP contribution is -1.88. The van der Waals surface area contributed by atoms with E-state index in [0.29, 0.717) is 0 Å². The van der Waals surface area contributed by atoms with Crippen molar-refractivity contribution in [1.29, 1.82) is 0 Å². The molecule has 0 fully saturated rings. The fourth-order valence-electron chi connectivity index (χ4n) is 7.89. The largest absolute Gasteiger partial charge is 0.0776 e. The summed E-state index contributed by atoms with van der Waals surface area (Å²) in [4.78, 5) is 0. The van der Waals surface area contributed by atoms with E-state index in [9.17, 15) is 0 Å². The van der Waals surface area contributed by atoms with Crippen LogP contribution in [0.25, 0.3) is 0 Å². The van der Waals surface area contributed by atoms with Crippen molar-refractivity contribution in [2.75, 3.05) is 0 Å². The highest BCUT2D eigenvalue weighted by Gasteiger charge is 1.99. The highest BCUT2D eigenvalue weighted by molar-refractivity contribution is 5.39. The van der Waals surface area contributed by atoms with Crippen molar-refractivity contribution >= 4 is 0 Å². The Morgan fingerprint density at radius 1 is 0.150 bits per heavy atom. The van der Waals surface area contributed by atoms with Crippen LogP contribution in [0.4, 0.5) is 0 Å². The standard InChI is InChI=1S/3C10H14.3C9H12.2C7H8.C6H6.C2H6.CH4/c1-7-5-9(3)10(4)6-8(7)2;1-7-5-8(2)10(4)9(3)6-7;1-7-5-6-8(2)10(4)9(7)3;1-7-4-8(2)6-9(3)5-7;1-7-4-5-8(2)9(3)6-7;1-7-5-4-6-8(2)9(7)3;2*1-7-5-3-2-4-6-7;1-2-4-6-5-3-1;1-2;/h3*5-6H,1-4H3;3*4-6H,1-3H3;2*2-6H,1H3;1-6H;1-2H3;1H4. The number of benzene rings is 9. The Bertz CT molecular complexity index is 2820. The molecular formula is C80H110. The fourth-order valence-corrected chi connectivity index (χ4v) is 7.89. The topological polar surface area (TPSA) is 0 Å². The van der Waals surface area contributed by atoms with Crippen LogP contribution in [-0.2, 0) is 0 Å². The van der Waals surface area contributed by atoms with Crippen molar-refractivity contribution in [1.82, 2.24) is 0 Å². The van der Waals surface area contributed by atoms with Gasteiger partial charge in [0.05, 0.1) is 0 Å². The molecule has 430 valence electrons. The summed E-state index contributed by atoms with van der Waals surface area (Å²) in [6, 6.07) is 65.3. The van der Waals surface area contributed by atoms with Crippen LogP contribution in [0, 0.1) is 159 Å². The quantitative estimate of drug-likeness (QED) is 0.142. The molecule has 0 N–H and O–H groups in total. The summed E-state index contributed by atoms with van der Waals surface area (Å²) in [5, 5.41) is 0. The Hall–Kier alpha value is -7.02. The molecule has 0 aliphatic carbocycles. The van der Waals surface area contributed by atoms with Crippen LogP contribution in [0.5, 0.6) is 0 Å². The fraction of sp³-hybridized carbons (Fsp3) is 0.325. The molecular weight excluding hydrogens is 961 g/mol. The van der Waals surface area contributed by atoms with Gasteiger partial charge in [-0.1, -0.05) is 248 Å². The van der Waals surface area contributed by atoms with E-state index in [-0.39, 0.29) is 7.43 Å². The van der Waals surface area contributed by atoms with E-state index < -0.39 is 0 Å². The molecule has 0 aliphatic heterocycles. The third kappa shape index (κ3) is 32.8. The van der Waals surface area contributed by atoms with Gasteiger partial charge in [-0.3, -0.25) is 0 Å². The smallest absolute Gasteiger partial charge is 0.0392 e. The normalized spacial score (nSPS) is 9.21. The number of hydrogen-bond acceptors (Lipinski definition) is 0. The zero-order valence-electron chi connectivity index (χ0n) is 54.4. The molecule has 0 amide bonds. The minimum absolute atomic E-state index is 0. The van der Waals surface area contributed by atoms with Gasteiger partial charge < -0.3 is 0 Å². The van der Waals surface area contributed by atoms with Crippen molar-refractivity contribution in [2.45, 2.75) is 181 Å². The Balaban J connectivity index is 0. The first-order valence-corrected chi connectivity index (χ1v) is 28.5. The van der Waals surface area contributed by atoms with Crippen LogP contribution < -0.4 is 0 Å². The molecule has 0 heterocycles. The Kier molecular flexibility index (Phi) is 39.4. The van der Waals surface area contributed by atoms with Gasteiger partial charge >= 0.3 is 0 Å². The molecule has 9 aromatic rings. The Morgan fingerprint density at radius 3 is 0.650 bits per heavy atom. The van der Waals surface area contributed by atoms with E-state index in [4.69, 9.17) is 0 Å². The van der Waals surface area contributed by atoms with Crippen molar-refractivity contribution in [3.8, 4) is 0 Å². The van der Waals surface area contributed by atoms with Crippen LogP contribution in [0.3, 0.4) is 0 Å². The van der Waals surface area contributed by atoms with Gasteiger partial charge in [0.2, 0.25) is 0 Å². The van der Waals surface area contributed by atoms with Gasteiger partial charge in [-0.05, 0) is 248 Å². The predicted octanol–water partition coefficient (Wildman–Crippen LogP) is 23.9. The van der Waals surface area contributed by atoms with Crippen molar-refractivity contribution in [3.63, 3.8) is 0 Å². The van der Waals surface area contributed by atoms with Gasteiger partial charge in [-0.25, -0.2) is 0 Å². The molecule has 80 heavy (non-hydrogen) atoms. The minimum Gasteiger partial charge on any atom is -0.0776 e. The summed E-state index contributed by atoms with van der Waals surface area (Å²) in [7, 11) is 0. The molecule has 9 aromatic carbocycles. The van der Waals surface area contributed by atoms with Crippen molar-refractivity contribution < 1.29 is 0 Å². The molecule has 0 heteroatoms. The average molecular weight is 1070 g/mol. The van der Waals surface area contributed by atoms with E-state index in [1.54, 1.807) is 0 Å². The summed E-state index contributed by atoms with van der Waals surface area (Å²) < 4.78 is 0. The maximum atomic E-state index is 2.24. The molecule has 9 rings (SSSR count). The molecule has 0 unspecified atom stereocenters. The number of aryl methyl sites for hydroxylation is 19. The first-order chi connectivity index (χ1) is 37.2. The molecule has 0 bridgehead atoms. The van der Waals surface area contributed by atoms with Crippen LogP contribution >= 0.6 is 0 Å². The summed E-state index contributed by atoms with van der Waals surface area (Å²) >= 11 is 0. The van der Waals surface area contributed by atoms with E-state index >= 15 is 0 Å². The lowest BCUT2D eigenvalue weighted by Gasteiger charge is -2.06. The monoisotopic (exact) mass is 1070 g/mol. The van der Waals surface area contributed by atoms with Gasteiger partial charge in [-0.15, -0.1) is 0 Å². The minimum atomic E-state index is 0. The van der Waals surface area contributed by atoms with Crippen LogP contribution in [-0.4, -0.2) is 0 Å². The third-order valence-corrected chi connectivity index (χ3v) is 14.0. The van der Waals surface area contributed by atoms with E-state index in [1.807, 2.05) is 86.6 Å². The highest BCUT2D eigenvalue weighted by atomic mass is 14.0. The second-order valence-corrected chi connectivity index (χ2v) is 21.2.